The number of carbonyl (C=O) groups is 4. The Morgan fingerprint density at radius 1 is 0.552 bits per heavy atom. The van der Waals surface area contributed by atoms with Crippen molar-refractivity contribution in [3.63, 3.8) is 0 Å². The molecule has 0 unspecified atom stereocenters. The molecule has 6 amide bonds. The van der Waals surface area contributed by atoms with Crippen molar-refractivity contribution >= 4 is 36.2 Å². The van der Waals surface area contributed by atoms with Gasteiger partial charge in [-0.3, -0.25) is 31.3 Å². The number of nitrogens with zero attached hydrogens (tertiary/aromatic N) is 4. The highest BCUT2D eigenvalue weighted by molar-refractivity contribution is 6.03. The van der Waals surface area contributed by atoms with E-state index in [9.17, 15) is 19.2 Å². The maximum atomic E-state index is 13.7. The SMILES string of the molecule is CC(C)(C)OC(=O)NC1=NCCCCCCCCN(Cc2ccccc2)C(=O)NC(NC(=O)OC(C)(C)C)=NCCCCCCCCN(Cc2ccccc2)C(=O)N1. The maximum absolute atomic E-state index is 13.7. The van der Waals surface area contributed by atoms with Gasteiger partial charge < -0.3 is 19.3 Å². The summed E-state index contributed by atoms with van der Waals surface area (Å²) in [5, 5.41) is 11.0. The molecule has 3 rings (SSSR count). The third-order valence-electron chi connectivity index (χ3n) is 8.91. The third kappa shape index (κ3) is 21.4. The molecule has 1 heterocycles. The van der Waals surface area contributed by atoms with Gasteiger partial charge in [-0.25, -0.2) is 19.2 Å². The number of aliphatic imine (C=N–C) groups is 2. The minimum atomic E-state index is -0.715. The quantitative estimate of drug-likeness (QED) is 0.241. The highest BCUT2D eigenvalue weighted by Gasteiger charge is 2.22. The zero-order valence-corrected chi connectivity index (χ0v) is 35.7. The molecule has 0 atom stereocenters. The van der Waals surface area contributed by atoms with Gasteiger partial charge in [-0.2, -0.15) is 0 Å². The molecule has 0 saturated carbocycles. The van der Waals surface area contributed by atoms with E-state index in [1.165, 1.54) is 0 Å². The summed E-state index contributed by atoms with van der Waals surface area (Å²) in [4.78, 5) is 65.6. The van der Waals surface area contributed by atoms with Crippen LogP contribution in [-0.4, -0.2) is 83.3 Å². The summed E-state index contributed by atoms with van der Waals surface area (Å²) in [7, 11) is 0. The summed E-state index contributed by atoms with van der Waals surface area (Å²) in [5.74, 6) is 0.144. The summed E-state index contributed by atoms with van der Waals surface area (Å²) in [6, 6.07) is 18.9. The first-order valence-corrected chi connectivity index (χ1v) is 21.0. The molecule has 2 aromatic rings. The van der Waals surface area contributed by atoms with Crippen molar-refractivity contribution < 1.29 is 28.7 Å². The molecule has 0 fully saturated rings. The molecule has 14 heteroatoms. The van der Waals surface area contributed by atoms with Gasteiger partial charge >= 0.3 is 24.2 Å². The Bertz CT molecular complexity index is 1490. The van der Waals surface area contributed by atoms with Gasteiger partial charge in [0.15, 0.2) is 0 Å². The Morgan fingerprint density at radius 3 is 1.22 bits per heavy atom. The minimum absolute atomic E-state index is 0.0719. The molecule has 0 saturated heterocycles. The second kappa shape index (κ2) is 25.3. The van der Waals surface area contributed by atoms with E-state index in [0.29, 0.717) is 39.3 Å². The van der Waals surface area contributed by atoms with Gasteiger partial charge in [0.2, 0.25) is 11.9 Å². The molecule has 0 radical (unpaired) electrons. The van der Waals surface area contributed by atoms with Gasteiger partial charge in [-0.1, -0.05) is 112 Å². The van der Waals surface area contributed by atoms with Crippen LogP contribution in [0.1, 0.15) is 130 Å². The van der Waals surface area contributed by atoms with Crippen molar-refractivity contribution in [2.75, 3.05) is 26.2 Å². The van der Waals surface area contributed by atoms with Gasteiger partial charge in [0, 0.05) is 39.3 Å². The van der Waals surface area contributed by atoms with Crippen LogP contribution in [0.5, 0.6) is 0 Å². The Kier molecular flexibility index (Phi) is 20.6. The molecule has 1 aliphatic heterocycles. The van der Waals surface area contributed by atoms with Crippen LogP contribution in [0, 0.1) is 0 Å². The number of urea groups is 2. The molecule has 0 spiro atoms. The molecule has 1 aliphatic rings. The van der Waals surface area contributed by atoms with Crippen LogP contribution >= 0.6 is 0 Å². The summed E-state index contributed by atoms with van der Waals surface area (Å²) >= 11 is 0. The average molecular weight is 805 g/mol. The lowest BCUT2D eigenvalue weighted by molar-refractivity contribution is 0.0549. The van der Waals surface area contributed by atoms with E-state index < -0.39 is 23.4 Å². The Balaban J connectivity index is 1.75. The van der Waals surface area contributed by atoms with Crippen LogP contribution in [0.15, 0.2) is 70.6 Å². The van der Waals surface area contributed by atoms with Crippen molar-refractivity contribution in [1.82, 2.24) is 31.1 Å². The van der Waals surface area contributed by atoms with Gasteiger partial charge in [0.25, 0.3) is 0 Å². The second-order valence-electron chi connectivity index (χ2n) is 16.6. The number of benzene rings is 2. The van der Waals surface area contributed by atoms with E-state index in [1.807, 2.05) is 60.7 Å². The number of ether oxygens (including phenoxy) is 2. The van der Waals surface area contributed by atoms with Crippen molar-refractivity contribution in [3.05, 3.63) is 71.8 Å². The van der Waals surface area contributed by atoms with E-state index in [2.05, 4.69) is 31.3 Å². The van der Waals surface area contributed by atoms with Crippen LogP contribution in [0.2, 0.25) is 0 Å². The second-order valence-corrected chi connectivity index (χ2v) is 16.6. The fourth-order valence-corrected chi connectivity index (χ4v) is 6.12. The highest BCUT2D eigenvalue weighted by atomic mass is 16.6. The van der Waals surface area contributed by atoms with E-state index in [4.69, 9.17) is 9.47 Å². The molecule has 320 valence electrons. The Hall–Kier alpha value is -5.14. The topological polar surface area (TPSA) is 166 Å². The number of carbonyl (C=O) groups excluding carboxylic acids is 4. The monoisotopic (exact) mass is 805 g/mol. The fraction of sp³-hybridized carbons (Fsp3) is 0.591. The number of hydrogen-bond acceptors (Lipinski definition) is 8. The van der Waals surface area contributed by atoms with Crippen LogP contribution < -0.4 is 21.3 Å². The number of rotatable bonds is 4. The molecule has 0 aromatic heterocycles. The van der Waals surface area contributed by atoms with Crippen molar-refractivity contribution in [2.24, 2.45) is 9.98 Å². The first-order chi connectivity index (χ1) is 27.7. The zero-order chi connectivity index (χ0) is 42.2. The number of amides is 6. The Morgan fingerprint density at radius 2 is 0.879 bits per heavy atom. The van der Waals surface area contributed by atoms with Crippen LogP contribution in [0.4, 0.5) is 19.2 Å². The summed E-state index contributed by atoms with van der Waals surface area (Å²) in [6.07, 6.45) is 9.23. The fourth-order valence-electron chi connectivity index (χ4n) is 6.12. The molecular weight excluding hydrogens is 737 g/mol. The number of guanidine groups is 2. The first-order valence-electron chi connectivity index (χ1n) is 21.0. The van der Waals surface area contributed by atoms with Crippen LogP contribution in [-0.2, 0) is 22.6 Å². The van der Waals surface area contributed by atoms with Gasteiger partial charge in [0.05, 0.1) is 0 Å². The van der Waals surface area contributed by atoms with E-state index in [0.717, 1.165) is 88.2 Å². The summed E-state index contributed by atoms with van der Waals surface area (Å²) in [5.41, 5.74) is 0.564. The Labute approximate surface area is 346 Å². The van der Waals surface area contributed by atoms with Gasteiger partial charge in [-0.15, -0.1) is 0 Å². The predicted octanol–water partition coefficient (Wildman–Crippen LogP) is 8.87. The lowest BCUT2D eigenvalue weighted by atomic mass is 10.1. The lowest BCUT2D eigenvalue weighted by Crippen LogP contribution is -2.50. The number of alkyl carbamates (subject to hydrolysis) is 2. The first kappa shape index (κ1) is 47.2. The normalized spacial score (nSPS) is 17.1. The van der Waals surface area contributed by atoms with E-state index >= 15 is 0 Å². The number of hydrogen-bond donors (Lipinski definition) is 4. The largest absolute Gasteiger partial charge is 0.444 e. The van der Waals surface area contributed by atoms with Crippen LogP contribution in [0.25, 0.3) is 0 Å². The zero-order valence-electron chi connectivity index (χ0n) is 35.7. The molecular formula is C44H68N8O6. The highest BCUT2D eigenvalue weighted by Crippen LogP contribution is 2.13. The third-order valence-corrected chi connectivity index (χ3v) is 8.91. The number of nitrogens with one attached hydrogen (secondary N) is 4. The average Bonchev–Trinajstić information content (AvgIpc) is 3.14. The smallest absolute Gasteiger partial charge is 0.414 e. The standard InChI is InChI=1S/C44H68N8O6/c1-43(2,3)57-41(55)49-37-45-29-21-11-7-9-14-24-32-52(34-36-27-19-16-20-28-36)40(54)48-38(50-42(56)58-44(4,5)6)46-30-22-12-8-10-13-23-31-51(39(53)47-37)33-35-25-17-15-18-26-35/h15-20,25-28H,7-14,21-24,29-34H2,1-6H3,(H2,45,47,49,53,55)(H2,46,48,50,54,56). The minimum Gasteiger partial charge on any atom is -0.444 e. The van der Waals surface area contributed by atoms with Crippen molar-refractivity contribution in [3.8, 4) is 0 Å². The predicted molar refractivity (Wildman–Crippen MR) is 230 cm³/mol. The summed E-state index contributed by atoms with van der Waals surface area (Å²) < 4.78 is 10.9. The molecule has 2 aromatic carbocycles. The molecule has 4 N–H and O–H groups in total. The van der Waals surface area contributed by atoms with Crippen LogP contribution in [0.3, 0.4) is 0 Å². The molecule has 58 heavy (non-hydrogen) atoms. The lowest BCUT2D eigenvalue weighted by Gasteiger charge is -2.25. The van der Waals surface area contributed by atoms with E-state index in [1.54, 1.807) is 51.3 Å². The van der Waals surface area contributed by atoms with Crippen molar-refractivity contribution in [1.29, 1.82) is 0 Å². The summed E-state index contributed by atoms with van der Waals surface area (Å²) in [6.45, 7) is 13.4. The maximum Gasteiger partial charge on any atom is 0.414 e. The molecule has 0 aliphatic carbocycles. The molecule has 14 nitrogen and oxygen atoms in total. The van der Waals surface area contributed by atoms with E-state index in [-0.39, 0.29) is 24.0 Å². The van der Waals surface area contributed by atoms with Crippen molar-refractivity contribution in [2.45, 2.75) is 143 Å². The molecule has 0 bridgehead atoms. The van der Waals surface area contributed by atoms with Gasteiger partial charge in [-0.05, 0) is 78.4 Å². The van der Waals surface area contributed by atoms with Gasteiger partial charge in [0.1, 0.15) is 11.2 Å².